The number of rotatable bonds is 3. The number of anilines is 1. The van der Waals surface area contributed by atoms with E-state index in [0.29, 0.717) is 12.5 Å². The molecule has 0 bridgehead atoms. The van der Waals surface area contributed by atoms with E-state index in [2.05, 4.69) is 33.9 Å². The summed E-state index contributed by atoms with van der Waals surface area (Å²) in [6, 6.07) is 8.41. The second kappa shape index (κ2) is 6.88. The molecule has 1 aliphatic heterocycles. The van der Waals surface area contributed by atoms with Crippen LogP contribution in [0.15, 0.2) is 34.6 Å². The molecule has 0 radical (unpaired) electrons. The van der Waals surface area contributed by atoms with E-state index in [0.717, 1.165) is 31.5 Å². The zero-order chi connectivity index (χ0) is 17.2. The third kappa shape index (κ3) is 3.54. The van der Waals surface area contributed by atoms with E-state index in [1.807, 2.05) is 11.0 Å². The maximum Gasteiger partial charge on any atom is 0.244 e. The summed E-state index contributed by atoms with van der Waals surface area (Å²) in [6.07, 6.45) is 4.44. The van der Waals surface area contributed by atoms with Crippen LogP contribution in [0.5, 0.6) is 0 Å². The van der Waals surface area contributed by atoms with Crippen molar-refractivity contribution in [2.45, 2.75) is 32.2 Å². The van der Waals surface area contributed by atoms with Gasteiger partial charge in [-0.05, 0) is 66.0 Å². The number of nitrogens with two attached hydrogens (primary N) is 1. The summed E-state index contributed by atoms with van der Waals surface area (Å²) in [5, 5.41) is 5.19. The summed E-state index contributed by atoms with van der Waals surface area (Å²) >= 11 is 1.77. The van der Waals surface area contributed by atoms with Crippen molar-refractivity contribution in [2.75, 3.05) is 18.4 Å². The second-order valence-corrected chi connectivity index (χ2v) is 7.60. The van der Waals surface area contributed by atoms with Gasteiger partial charge in [-0.3, -0.25) is 4.79 Å². The van der Waals surface area contributed by atoms with Crippen LogP contribution in [-0.4, -0.2) is 29.9 Å². The van der Waals surface area contributed by atoms with E-state index in [4.69, 9.17) is 5.73 Å². The summed E-state index contributed by atoms with van der Waals surface area (Å²) in [6.45, 7) is 1.54. The fourth-order valence-electron chi connectivity index (χ4n) is 3.55. The van der Waals surface area contributed by atoms with E-state index in [9.17, 15) is 4.79 Å². The van der Waals surface area contributed by atoms with E-state index in [1.165, 1.54) is 28.0 Å². The number of guanidine groups is 1. The highest BCUT2D eigenvalue weighted by atomic mass is 32.1. The summed E-state index contributed by atoms with van der Waals surface area (Å²) in [4.78, 5) is 19.9. The number of hydrogen-bond donors (Lipinski definition) is 2. The molecule has 0 unspecified atom stereocenters. The lowest BCUT2D eigenvalue weighted by Crippen LogP contribution is -2.37. The molecule has 0 saturated carbocycles. The standard InChI is InChI=1S/C19H22N4OS/c20-19(22-16-5-4-13-2-1-3-14(13)10-16)21-11-18(24)23-8-6-17-15(12-23)7-9-25-17/h4-5,7,9-10H,1-3,6,8,11-12H2,(H3,20,21,22). The minimum absolute atomic E-state index is 0.0237. The molecule has 0 spiro atoms. The number of carbonyl (C=O) groups is 1. The van der Waals surface area contributed by atoms with Crippen LogP contribution >= 0.6 is 11.3 Å². The van der Waals surface area contributed by atoms with Gasteiger partial charge in [0.15, 0.2) is 5.96 Å². The molecule has 2 aliphatic rings. The Kier molecular flexibility index (Phi) is 4.44. The van der Waals surface area contributed by atoms with Crippen LogP contribution in [0, 0.1) is 0 Å². The van der Waals surface area contributed by atoms with Crippen LogP contribution in [0.1, 0.15) is 28.0 Å². The van der Waals surface area contributed by atoms with Gasteiger partial charge in [0, 0.05) is 23.7 Å². The number of hydrogen-bond acceptors (Lipinski definition) is 3. The van der Waals surface area contributed by atoms with Crippen LogP contribution in [-0.2, 0) is 30.6 Å². The van der Waals surface area contributed by atoms with E-state index < -0.39 is 0 Å². The highest BCUT2D eigenvalue weighted by Crippen LogP contribution is 2.25. The van der Waals surface area contributed by atoms with Crippen molar-refractivity contribution < 1.29 is 4.79 Å². The summed E-state index contributed by atoms with van der Waals surface area (Å²) < 4.78 is 0. The van der Waals surface area contributed by atoms with Gasteiger partial charge in [-0.2, -0.15) is 0 Å². The molecule has 6 heteroatoms. The number of benzene rings is 1. The van der Waals surface area contributed by atoms with Crippen LogP contribution in [0.25, 0.3) is 0 Å². The maximum atomic E-state index is 12.4. The summed E-state index contributed by atoms with van der Waals surface area (Å²) in [7, 11) is 0. The Balaban J connectivity index is 1.34. The van der Waals surface area contributed by atoms with Gasteiger partial charge >= 0.3 is 0 Å². The molecule has 5 nitrogen and oxygen atoms in total. The SMILES string of the molecule is NC(=NCC(=O)N1CCc2sccc2C1)Nc1ccc2c(c1)CCC2. The third-order valence-corrected chi connectivity index (χ3v) is 5.94. The van der Waals surface area contributed by atoms with Gasteiger partial charge in [-0.25, -0.2) is 4.99 Å². The van der Waals surface area contributed by atoms with Gasteiger partial charge < -0.3 is 16.0 Å². The molecule has 2 aromatic rings. The molecule has 1 aliphatic carbocycles. The van der Waals surface area contributed by atoms with Gasteiger partial charge in [0.1, 0.15) is 6.54 Å². The largest absolute Gasteiger partial charge is 0.370 e. The molecular formula is C19H22N4OS. The average molecular weight is 354 g/mol. The van der Waals surface area contributed by atoms with Gasteiger partial charge in [0.25, 0.3) is 0 Å². The first-order valence-corrected chi connectivity index (χ1v) is 9.59. The quantitative estimate of drug-likeness (QED) is 0.657. The van der Waals surface area contributed by atoms with E-state index >= 15 is 0 Å². The number of nitrogens with one attached hydrogen (secondary N) is 1. The zero-order valence-corrected chi connectivity index (χ0v) is 14.9. The van der Waals surface area contributed by atoms with Gasteiger partial charge in [-0.1, -0.05) is 6.07 Å². The van der Waals surface area contributed by atoms with Gasteiger partial charge in [0.05, 0.1) is 0 Å². The number of fused-ring (bicyclic) bond motifs is 2. The molecule has 2 heterocycles. The topological polar surface area (TPSA) is 70.7 Å². The van der Waals surface area contributed by atoms with Crippen LogP contribution < -0.4 is 11.1 Å². The number of carbonyl (C=O) groups excluding carboxylic acids is 1. The van der Waals surface area contributed by atoms with Gasteiger partial charge in [-0.15, -0.1) is 11.3 Å². The Hall–Kier alpha value is -2.34. The molecule has 0 atom stereocenters. The van der Waals surface area contributed by atoms with E-state index in [1.54, 1.807) is 11.3 Å². The van der Waals surface area contributed by atoms with E-state index in [-0.39, 0.29) is 12.5 Å². The molecule has 130 valence electrons. The zero-order valence-electron chi connectivity index (χ0n) is 14.1. The summed E-state index contributed by atoms with van der Waals surface area (Å²) in [5.41, 5.74) is 11.0. The Bertz CT molecular complexity index is 827. The number of aliphatic imine (C=N–C) groups is 1. The predicted octanol–water partition coefficient (Wildman–Crippen LogP) is 2.55. The molecule has 0 saturated heterocycles. The van der Waals surface area contributed by atoms with Crippen molar-refractivity contribution in [2.24, 2.45) is 10.7 Å². The number of nitrogens with zero attached hydrogens (tertiary/aromatic N) is 2. The Morgan fingerprint density at radius 1 is 1.20 bits per heavy atom. The molecule has 3 N–H and O–H groups in total. The summed E-state index contributed by atoms with van der Waals surface area (Å²) in [5.74, 6) is 0.315. The maximum absolute atomic E-state index is 12.4. The fourth-order valence-corrected chi connectivity index (χ4v) is 4.44. The van der Waals surface area contributed by atoms with Crippen molar-refractivity contribution in [1.29, 1.82) is 0 Å². The first-order chi connectivity index (χ1) is 12.2. The van der Waals surface area contributed by atoms with Crippen molar-refractivity contribution in [1.82, 2.24) is 4.90 Å². The van der Waals surface area contributed by atoms with Crippen LogP contribution in [0.2, 0.25) is 0 Å². The minimum Gasteiger partial charge on any atom is -0.370 e. The molecular weight excluding hydrogens is 332 g/mol. The molecule has 1 aromatic heterocycles. The number of aryl methyl sites for hydroxylation is 2. The van der Waals surface area contributed by atoms with Crippen LogP contribution in [0.4, 0.5) is 5.69 Å². The Morgan fingerprint density at radius 2 is 2.08 bits per heavy atom. The average Bonchev–Trinajstić information content (AvgIpc) is 3.27. The minimum atomic E-state index is 0.0237. The van der Waals surface area contributed by atoms with Crippen molar-refractivity contribution in [3.05, 3.63) is 51.2 Å². The van der Waals surface area contributed by atoms with Crippen molar-refractivity contribution in [3.8, 4) is 0 Å². The molecule has 1 aromatic carbocycles. The van der Waals surface area contributed by atoms with Crippen molar-refractivity contribution >= 4 is 28.9 Å². The number of thiophene rings is 1. The fraction of sp³-hybridized carbons (Fsp3) is 0.368. The third-order valence-electron chi connectivity index (χ3n) is 4.92. The highest BCUT2D eigenvalue weighted by Gasteiger charge is 2.21. The monoisotopic (exact) mass is 354 g/mol. The first kappa shape index (κ1) is 16.1. The lowest BCUT2D eigenvalue weighted by molar-refractivity contribution is -0.130. The predicted molar refractivity (Wildman–Crippen MR) is 102 cm³/mol. The number of amides is 1. The molecule has 0 fully saturated rings. The molecule has 4 rings (SSSR count). The molecule has 25 heavy (non-hydrogen) atoms. The Labute approximate surface area is 151 Å². The normalized spacial score (nSPS) is 16.5. The lowest BCUT2D eigenvalue weighted by atomic mass is 10.1. The second-order valence-electron chi connectivity index (χ2n) is 6.60. The first-order valence-electron chi connectivity index (χ1n) is 8.71. The molecule has 1 amide bonds. The van der Waals surface area contributed by atoms with Gasteiger partial charge in [0.2, 0.25) is 5.91 Å². The smallest absolute Gasteiger partial charge is 0.244 e. The van der Waals surface area contributed by atoms with Crippen molar-refractivity contribution in [3.63, 3.8) is 0 Å². The van der Waals surface area contributed by atoms with Crippen LogP contribution in [0.3, 0.4) is 0 Å². The highest BCUT2D eigenvalue weighted by molar-refractivity contribution is 7.10. The lowest BCUT2D eigenvalue weighted by Gasteiger charge is -2.26. The Morgan fingerprint density at radius 3 is 3.00 bits per heavy atom.